The zero-order chi connectivity index (χ0) is 40.1. The third-order valence-electron chi connectivity index (χ3n) is 10.6. The summed E-state index contributed by atoms with van der Waals surface area (Å²) in [4.78, 5) is 24.7. The zero-order valence-corrected chi connectivity index (χ0v) is 32.6. The molecule has 6 aromatic carbocycles. The lowest BCUT2D eigenvalue weighted by atomic mass is 9.99. The Labute approximate surface area is 349 Å². The van der Waals surface area contributed by atoms with E-state index in [0.29, 0.717) is 5.82 Å². The van der Waals surface area contributed by atoms with Crippen LogP contribution in [0.2, 0.25) is 0 Å². The van der Waals surface area contributed by atoms with Gasteiger partial charge in [-0.3, -0.25) is 9.97 Å². The Morgan fingerprint density at radius 2 is 0.633 bits per heavy atom. The van der Waals surface area contributed by atoms with Crippen molar-refractivity contribution < 1.29 is 0 Å². The molecule has 0 bridgehead atoms. The highest BCUT2D eigenvalue weighted by atomic mass is 14.9. The van der Waals surface area contributed by atoms with Gasteiger partial charge in [0.2, 0.25) is 0 Å². The maximum absolute atomic E-state index is 5.11. The fourth-order valence-electron chi connectivity index (χ4n) is 7.44. The number of nitrogens with zero attached hydrogens (tertiary/aromatic N) is 5. The molecule has 282 valence electrons. The van der Waals surface area contributed by atoms with E-state index in [2.05, 4.69) is 146 Å². The molecular weight excluding hydrogens is 731 g/mol. The minimum Gasteiger partial charge on any atom is -0.255 e. The molecule has 0 N–H and O–H groups in total. The first kappa shape index (κ1) is 36.2. The van der Waals surface area contributed by atoms with E-state index in [1.807, 2.05) is 79.1 Å². The van der Waals surface area contributed by atoms with E-state index in [4.69, 9.17) is 24.9 Å². The number of pyridine rings is 3. The quantitative estimate of drug-likeness (QED) is 0.146. The number of hydrogen-bond donors (Lipinski definition) is 0. The Hall–Kier alpha value is -8.15. The van der Waals surface area contributed by atoms with Crippen molar-refractivity contribution in [1.29, 1.82) is 0 Å². The largest absolute Gasteiger partial charge is 0.255 e. The molecule has 4 heterocycles. The maximum Gasteiger partial charge on any atom is 0.160 e. The highest BCUT2D eigenvalue weighted by molar-refractivity contribution is 5.79. The highest BCUT2D eigenvalue weighted by Gasteiger charge is 2.14. The molecular formula is C55H37N5. The summed E-state index contributed by atoms with van der Waals surface area (Å²) in [5, 5.41) is 0. The third kappa shape index (κ3) is 7.76. The van der Waals surface area contributed by atoms with Gasteiger partial charge in [0.25, 0.3) is 0 Å². The molecule has 5 nitrogen and oxygen atoms in total. The average Bonchev–Trinajstić information content (AvgIpc) is 3.35. The molecule has 0 aliphatic heterocycles. The van der Waals surface area contributed by atoms with E-state index < -0.39 is 0 Å². The fourth-order valence-corrected chi connectivity index (χ4v) is 7.44. The van der Waals surface area contributed by atoms with Crippen molar-refractivity contribution in [2.45, 2.75) is 0 Å². The van der Waals surface area contributed by atoms with E-state index in [9.17, 15) is 0 Å². The summed E-state index contributed by atoms with van der Waals surface area (Å²) in [5.41, 5.74) is 16.8. The van der Waals surface area contributed by atoms with Crippen LogP contribution in [-0.4, -0.2) is 24.9 Å². The van der Waals surface area contributed by atoms with Gasteiger partial charge in [0.1, 0.15) is 0 Å². The highest BCUT2D eigenvalue weighted by Crippen LogP contribution is 2.33. The van der Waals surface area contributed by atoms with Gasteiger partial charge in [0, 0.05) is 34.6 Å². The topological polar surface area (TPSA) is 64.5 Å². The summed E-state index contributed by atoms with van der Waals surface area (Å²) in [6.45, 7) is 0. The summed E-state index contributed by atoms with van der Waals surface area (Å²) in [5.74, 6) is 0.706. The van der Waals surface area contributed by atoms with Crippen molar-refractivity contribution in [1.82, 2.24) is 24.9 Å². The molecule has 0 spiro atoms. The first-order valence-electron chi connectivity index (χ1n) is 20.0. The summed E-state index contributed by atoms with van der Waals surface area (Å²) in [6.07, 6.45) is 3.78. The number of hydrogen-bond acceptors (Lipinski definition) is 5. The van der Waals surface area contributed by atoms with Gasteiger partial charge in [-0.2, -0.15) is 0 Å². The van der Waals surface area contributed by atoms with Crippen LogP contribution in [0.25, 0.3) is 101 Å². The van der Waals surface area contributed by atoms with E-state index in [1.54, 1.807) is 0 Å². The smallest absolute Gasteiger partial charge is 0.160 e. The van der Waals surface area contributed by atoms with Crippen LogP contribution in [0.15, 0.2) is 225 Å². The van der Waals surface area contributed by atoms with Gasteiger partial charge in [-0.1, -0.05) is 176 Å². The molecule has 0 unspecified atom stereocenters. The van der Waals surface area contributed by atoms with Crippen LogP contribution in [0.1, 0.15) is 0 Å². The van der Waals surface area contributed by atoms with Gasteiger partial charge in [-0.15, -0.1) is 0 Å². The predicted octanol–water partition coefficient (Wildman–Crippen LogP) is 13.7. The minimum absolute atomic E-state index is 0.706. The van der Waals surface area contributed by atoms with Crippen molar-refractivity contribution in [2.24, 2.45) is 0 Å². The maximum atomic E-state index is 5.11. The lowest BCUT2D eigenvalue weighted by Gasteiger charge is -2.11. The summed E-state index contributed by atoms with van der Waals surface area (Å²) in [6, 6.07) is 73.0. The van der Waals surface area contributed by atoms with E-state index in [0.717, 1.165) is 95.4 Å². The molecule has 0 fully saturated rings. The van der Waals surface area contributed by atoms with Crippen molar-refractivity contribution in [2.75, 3.05) is 0 Å². The van der Waals surface area contributed by atoms with Crippen LogP contribution < -0.4 is 0 Å². The first-order valence-corrected chi connectivity index (χ1v) is 20.0. The van der Waals surface area contributed by atoms with Gasteiger partial charge in [0.15, 0.2) is 5.82 Å². The standard InChI is InChI=1S/C55H37N5/c1-5-13-38(14-6-1)46-31-32-56-52(33-46)54-35-48(39-15-7-2-8-16-39)34-53(58-54)49-30-29-47(37-57-49)42-23-21-40(22-24-42)41-25-27-44(28-26-41)51-36-50(43-17-9-3-10-18-43)59-55(60-51)45-19-11-4-12-20-45/h1-37H. The van der Waals surface area contributed by atoms with Crippen molar-refractivity contribution >= 4 is 0 Å². The Balaban J connectivity index is 0.911. The third-order valence-corrected chi connectivity index (χ3v) is 10.6. The lowest BCUT2D eigenvalue weighted by Crippen LogP contribution is -1.95. The molecule has 60 heavy (non-hydrogen) atoms. The second kappa shape index (κ2) is 16.4. The second-order valence-electron chi connectivity index (χ2n) is 14.6. The molecule has 10 rings (SSSR count). The van der Waals surface area contributed by atoms with Gasteiger partial charge in [-0.05, 0) is 75.3 Å². The molecule has 0 aliphatic rings. The Bertz CT molecular complexity index is 2970. The van der Waals surface area contributed by atoms with Crippen LogP contribution in [0.3, 0.4) is 0 Å². The normalized spacial score (nSPS) is 11.0. The first-order chi connectivity index (χ1) is 29.7. The molecule has 0 atom stereocenters. The predicted molar refractivity (Wildman–Crippen MR) is 244 cm³/mol. The zero-order valence-electron chi connectivity index (χ0n) is 32.6. The summed E-state index contributed by atoms with van der Waals surface area (Å²) < 4.78 is 0. The SMILES string of the molecule is c1ccc(-c2ccnc(-c3cc(-c4ccccc4)cc(-c4ccc(-c5ccc(-c6ccc(-c7cc(-c8ccccc8)nc(-c8ccccc8)n7)cc6)cc5)cn4)n3)c2)cc1. The van der Waals surface area contributed by atoms with Crippen molar-refractivity contribution in [3.05, 3.63) is 225 Å². The number of benzene rings is 6. The van der Waals surface area contributed by atoms with Gasteiger partial charge >= 0.3 is 0 Å². The monoisotopic (exact) mass is 767 g/mol. The Morgan fingerprint density at radius 3 is 1.18 bits per heavy atom. The van der Waals surface area contributed by atoms with Gasteiger partial charge in [0.05, 0.1) is 34.2 Å². The summed E-state index contributed by atoms with van der Waals surface area (Å²) in [7, 11) is 0. The number of aromatic nitrogens is 5. The lowest BCUT2D eigenvalue weighted by molar-refractivity contribution is 1.18. The van der Waals surface area contributed by atoms with Crippen molar-refractivity contribution in [3.8, 4) is 101 Å². The molecule has 0 aliphatic carbocycles. The summed E-state index contributed by atoms with van der Waals surface area (Å²) >= 11 is 0. The Morgan fingerprint density at radius 1 is 0.217 bits per heavy atom. The van der Waals surface area contributed by atoms with Crippen LogP contribution in [0, 0.1) is 0 Å². The van der Waals surface area contributed by atoms with E-state index in [1.165, 1.54) is 0 Å². The minimum atomic E-state index is 0.706. The van der Waals surface area contributed by atoms with E-state index >= 15 is 0 Å². The molecule has 0 saturated heterocycles. The molecule has 5 heteroatoms. The van der Waals surface area contributed by atoms with Gasteiger partial charge < -0.3 is 0 Å². The fraction of sp³-hybridized carbons (Fsp3) is 0. The van der Waals surface area contributed by atoms with Crippen LogP contribution >= 0.6 is 0 Å². The van der Waals surface area contributed by atoms with Crippen LogP contribution in [-0.2, 0) is 0 Å². The van der Waals surface area contributed by atoms with Crippen molar-refractivity contribution in [3.63, 3.8) is 0 Å². The van der Waals surface area contributed by atoms with E-state index in [-0.39, 0.29) is 0 Å². The molecule has 0 saturated carbocycles. The van der Waals surface area contributed by atoms with Crippen LogP contribution in [0.4, 0.5) is 0 Å². The van der Waals surface area contributed by atoms with Gasteiger partial charge in [-0.25, -0.2) is 15.0 Å². The Kier molecular flexibility index (Phi) is 9.88. The number of rotatable bonds is 9. The molecule has 0 radical (unpaired) electrons. The second-order valence-corrected chi connectivity index (χ2v) is 14.6. The molecule has 4 aromatic heterocycles. The molecule has 0 amide bonds. The van der Waals surface area contributed by atoms with Crippen LogP contribution in [0.5, 0.6) is 0 Å². The average molecular weight is 768 g/mol. The molecule has 10 aromatic rings.